The molecule has 1 amide bonds. The standard InChI is InChI=1S/C24H25FN4O2/c1-13-17(18-20(28-23(2)8-9-23)26-12-27-21(18)31-13)22(30)29-10-16-19(24(16,3)11-29)14-4-6-15(25)7-5-14/h4-7,12,16,19H,8-11H2,1-3H3,(H,26,27,28)/t16-,19-,24-/m0/s1. The number of halogens is 1. The Kier molecular flexibility index (Phi) is 3.67. The van der Waals surface area contributed by atoms with Crippen molar-refractivity contribution < 1.29 is 13.6 Å². The molecule has 2 aliphatic carbocycles. The second kappa shape index (κ2) is 6.05. The van der Waals surface area contributed by atoms with Crippen molar-refractivity contribution in [2.75, 3.05) is 18.4 Å². The average Bonchev–Trinajstić information content (AvgIpc) is 3.47. The first-order valence-corrected chi connectivity index (χ1v) is 10.9. The number of fused-ring (bicyclic) bond motifs is 2. The van der Waals surface area contributed by atoms with Crippen molar-refractivity contribution >= 4 is 22.8 Å². The molecule has 0 bridgehead atoms. The maximum absolute atomic E-state index is 13.6. The van der Waals surface area contributed by atoms with Crippen LogP contribution in [0.3, 0.4) is 0 Å². The van der Waals surface area contributed by atoms with Crippen LogP contribution in [0.4, 0.5) is 10.2 Å². The van der Waals surface area contributed by atoms with Gasteiger partial charge in [0.15, 0.2) is 0 Å². The highest BCUT2D eigenvalue weighted by Gasteiger charge is 2.66. The van der Waals surface area contributed by atoms with Gasteiger partial charge in [-0.3, -0.25) is 4.79 Å². The molecule has 2 saturated carbocycles. The molecule has 1 aromatic carbocycles. The van der Waals surface area contributed by atoms with Gasteiger partial charge in [0, 0.05) is 18.6 Å². The minimum absolute atomic E-state index is 0.0257. The number of anilines is 1. The summed E-state index contributed by atoms with van der Waals surface area (Å²) in [6.45, 7) is 7.57. The van der Waals surface area contributed by atoms with Gasteiger partial charge in [-0.15, -0.1) is 0 Å². The molecule has 3 aromatic rings. The number of nitrogens with zero attached hydrogens (tertiary/aromatic N) is 3. The van der Waals surface area contributed by atoms with E-state index in [0.29, 0.717) is 53.2 Å². The summed E-state index contributed by atoms with van der Waals surface area (Å²) in [6.07, 6.45) is 3.64. The molecule has 2 aromatic heterocycles. The zero-order valence-corrected chi connectivity index (χ0v) is 17.9. The smallest absolute Gasteiger partial charge is 0.258 e. The third-order valence-electron chi connectivity index (χ3n) is 7.61. The molecule has 160 valence electrons. The Morgan fingerprint density at radius 2 is 1.97 bits per heavy atom. The van der Waals surface area contributed by atoms with Gasteiger partial charge in [-0.2, -0.15) is 0 Å². The molecule has 3 aliphatic rings. The first-order chi connectivity index (χ1) is 14.8. The van der Waals surface area contributed by atoms with E-state index in [1.54, 1.807) is 0 Å². The third-order valence-corrected chi connectivity index (χ3v) is 7.61. The van der Waals surface area contributed by atoms with Gasteiger partial charge in [0.1, 0.15) is 23.7 Å². The Morgan fingerprint density at radius 3 is 2.61 bits per heavy atom. The van der Waals surface area contributed by atoms with Gasteiger partial charge in [-0.25, -0.2) is 14.4 Å². The summed E-state index contributed by atoms with van der Waals surface area (Å²) in [7, 11) is 0. The minimum atomic E-state index is -0.217. The van der Waals surface area contributed by atoms with Crippen LogP contribution in [0.15, 0.2) is 35.0 Å². The molecule has 6 rings (SSSR count). The molecule has 3 fully saturated rings. The molecule has 6 nitrogen and oxygen atoms in total. The Hall–Kier alpha value is -2.96. The zero-order valence-electron chi connectivity index (χ0n) is 17.9. The minimum Gasteiger partial charge on any atom is -0.442 e. The molecule has 1 saturated heterocycles. The molecule has 1 aliphatic heterocycles. The number of likely N-dealkylation sites (tertiary alicyclic amines) is 1. The van der Waals surface area contributed by atoms with Gasteiger partial charge in [-0.1, -0.05) is 19.1 Å². The topological polar surface area (TPSA) is 71.3 Å². The Balaban J connectivity index is 1.29. The highest BCUT2D eigenvalue weighted by Crippen LogP contribution is 2.68. The average molecular weight is 420 g/mol. The third kappa shape index (κ3) is 2.78. The van der Waals surface area contributed by atoms with Crippen LogP contribution in [0, 0.1) is 24.1 Å². The fraction of sp³-hybridized carbons (Fsp3) is 0.458. The Labute approximate surface area is 179 Å². The number of furan rings is 1. The van der Waals surface area contributed by atoms with Crippen LogP contribution in [0.2, 0.25) is 0 Å². The van der Waals surface area contributed by atoms with E-state index in [4.69, 9.17) is 4.42 Å². The fourth-order valence-corrected chi connectivity index (χ4v) is 5.49. The molecule has 3 atom stereocenters. The lowest BCUT2D eigenvalue weighted by Crippen LogP contribution is -2.33. The lowest BCUT2D eigenvalue weighted by Gasteiger charge is -2.23. The van der Waals surface area contributed by atoms with Crippen molar-refractivity contribution in [3.05, 3.63) is 53.3 Å². The summed E-state index contributed by atoms with van der Waals surface area (Å²) in [4.78, 5) is 24.2. The van der Waals surface area contributed by atoms with Crippen LogP contribution >= 0.6 is 0 Å². The quantitative estimate of drug-likeness (QED) is 0.672. The highest BCUT2D eigenvalue weighted by atomic mass is 19.1. The van der Waals surface area contributed by atoms with E-state index in [2.05, 4.69) is 29.1 Å². The molecule has 3 heterocycles. The number of carbonyl (C=O) groups excluding carboxylic acids is 1. The molecule has 0 unspecified atom stereocenters. The van der Waals surface area contributed by atoms with Crippen molar-refractivity contribution in [2.24, 2.45) is 11.3 Å². The van der Waals surface area contributed by atoms with Gasteiger partial charge < -0.3 is 14.6 Å². The summed E-state index contributed by atoms with van der Waals surface area (Å²) in [5.74, 6) is 1.76. The zero-order chi connectivity index (χ0) is 21.5. The SMILES string of the molecule is Cc1oc2ncnc(NC3(C)CC3)c2c1C(=O)N1C[C@H]2[C@H](c3ccc(F)cc3)[C@@]2(C)C1. The van der Waals surface area contributed by atoms with Crippen LogP contribution < -0.4 is 5.32 Å². The lowest BCUT2D eigenvalue weighted by atomic mass is 10.0. The van der Waals surface area contributed by atoms with E-state index in [1.807, 2.05) is 24.0 Å². The van der Waals surface area contributed by atoms with E-state index in [-0.39, 0.29) is 22.7 Å². The first-order valence-electron chi connectivity index (χ1n) is 10.9. The number of nitrogens with one attached hydrogen (secondary N) is 1. The summed E-state index contributed by atoms with van der Waals surface area (Å²) in [5, 5.41) is 4.16. The maximum atomic E-state index is 13.6. The Morgan fingerprint density at radius 1 is 1.23 bits per heavy atom. The molecule has 7 heteroatoms. The number of amides is 1. The monoisotopic (exact) mass is 420 g/mol. The predicted molar refractivity (Wildman–Crippen MR) is 114 cm³/mol. The summed E-state index contributed by atoms with van der Waals surface area (Å²) < 4.78 is 19.2. The normalized spacial score (nSPS) is 27.9. The molecule has 0 spiro atoms. The van der Waals surface area contributed by atoms with E-state index in [1.165, 1.54) is 18.5 Å². The van der Waals surface area contributed by atoms with Gasteiger partial charge in [0.2, 0.25) is 5.71 Å². The second-order valence-corrected chi connectivity index (χ2v) is 9.95. The summed E-state index contributed by atoms with van der Waals surface area (Å²) >= 11 is 0. The van der Waals surface area contributed by atoms with Gasteiger partial charge in [0.05, 0.1) is 10.9 Å². The predicted octanol–water partition coefficient (Wildman–Crippen LogP) is 4.51. The van der Waals surface area contributed by atoms with Crippen LogP contribution in [0.5, 0.6) is 0 Å². The highest BCUT2D eigenvalue weighted by molar-refractivity contribution is 6.10. The van der Waals surface area contributed by atoms with Crippen LogP contribution in [-0.4, -0.2) is 39.4 Å². The molecule has 31 heavy (non-hydrogen) atoms. The number of aryl methyl sites for hydroxylation is 1. The number of aromatic nitrogens is 2. The van der Waals surface area contributed by atoms with Crippen molar-refractivity contribution in [1.29, 1.82) is 0 Å². The summed E-state index contributed by atoms with van der Waals surface area (Å²) in [6, 6.07) is 6.78. The van der Waals surface area contributed by atoms with E-state index >= 15 is 0 Å². The van der Waals surface area contributed by atoms with E-state index < -0.39 is 0 Å². The van der Waals surface area contributed by atoms with Crippen molar-refractivity contribution in [2.45, 2.75) is 45.1 Å². The van der Waals surface area contributed by atoms with Crippen molar-refractivity contribution in [1.82, 2.24) is 14.9 Å². The number of benzene rings is 1. The lowest BCUT2D eigenvalue weighted by molar-refractivity contribution is 0.0763. The molecule has 1 N–H and O–H groups in total. The molecular weight excluding hydrogens is 395 g/mol. The number of hydrogen-bond acceptors (Lipinski definition) is 5. The number of rotatable bonds is 4. The number of carbonyl (C=O) groups is 1. The van der Waals surface area contributed by atoms with Gasteiger partial charge in [-0.05, 0) is 61.6 Å². The fourth-order valence-electron chi connectivity index (χ4n) is 5.49. The van der Waals surface area contributed by atoms with Crippen LogP contribution in [0.1, 0.15) is 54.3 Å². The van der Waals surface area contributed by atoms with Crippen molar-refractivity contribution in [3.63, 3.8) is 0 Å². The first kappa shape index (κ1) is 18.8. The number of piperidine rings is 1. The second-order valence-electron chi connectivity index (χ2n) is 9.95. The van der Waals surface area contributed by atoms with Gasteiger partial charge >= 0.3 is 0 Å². The molecule has 0 radical (unpaired) electrons. The van der Waals surface area contributed by atoms with Crippen molar-refractivity contribution in [3.8, 4) is 0 Å². The summed E-state index contributed by atoms with van der Waals surface area (Å²) in [5.41, 5.74) is 2.22. The largest absolute Gasteiger partial charge is 0.442 e. The maximum Gasteiger partial charge on any atom is 0.258 e. The van der Waals surface area contributed by atoms with Crippen LogP contribution in [0.25, 0.3) is 11.1 Å². The van der Waals surface area contributed by atoms with Gasteiger partial charge in [0.25, 0.3) is 5.91 Å². The van der Waals surface area contributed by atoms with Crippen LogP contribution in [-0.2, 0) is 0 Å². The van der Waals surface area contributed by atoms with E-state index in [9.17, 15) is 9.18 Å². The molecular formula is C24H25FN4O2. The van der Waals surface area contributed by atoms with E-state index in [0.717, 1.165) is 18.4 Å². The number of hydrogen-bond donors (Lipinski definition) is 1. The Bertz CT molecular complexity index is 1220.